The maximum absolute atomic E-state index is 12.9. The Morgan fingerprint density at radius 1 is 1.64 bits per heavy atom. The summed E-state index contributed by atoms with van der Waals surface area (Å²) in [5, 5.41) is 0. The first-order valence-corrected chi connectivity index (χ1v) is 4.21. The van der Waals surface area contributed by atoms with E-state index in [-0.39, 0.29) is 11.7 Å². The summed E-state index contributed by atoms with van der Waals surface area (Å²) in [6.45, 7) is 3.81. The van der Waals surface area contributed by atoms with Crippen LogP contribution in [0.15, 0.2) is 6.07 Å². The summed E-state index contributed by atoms with van der Waals surface area (Å²) in [5.41, 5.74) is 0. The third-order valence-corrected chi connectivity index (χ3v) is 2.71. The summed E-state index contributed by atoms with van der Waals surface area (Å²) in [6, 6.07) is 1.28. The van der Waals surface area contributed by atoms with Crippen LogP contribution >= 0.6 is 11.3 Å². The summed E-state index contributed by atoms with van der Waals surface area (Å²) >= 11 is 1.22. The Balaban J connectivity index is 3.06. The first-order valence-electron chi connectivity index (χ1n) is 3.39. The van der Waals surface area contributed by atoms with Gasteiger partial charge >= 0.3 is 0 Å². The third-order valence-electron chi connectivity index (χ3n) is 1.37. The first-order chi connectivity index (χ1) is 5.15. The summed E-state index contributed by atoms with van der Waals surface area (Å²) in [5.74, 6) is -0.0965. The molecular weight excluding hydrogens is 163 g/mol. The summed E-state index contributed by atoms with van der Waals surface area (Å²) in [6.07, 6.45) is 0.680. The normalized spacial score (nSPS) is 10.5. The third kappa shape index (κ3) is 1.66. The fourth-order valence-electron chi connectivity index (χ4n) is 0.853. The standard InChI is InChI=1S/C8H9FOS/c1-5(2)8-7(9)3-6(4-10)11-8/h3-5H,1-2H3. The molecule has 0 aliphatic rings. The van der Waals surface area contributed by atoms with Crippen molar-refractivity contribution in [1.29, 1.82) is 0 Å². The molecule has 0 amide bonds. The van der Waals surface area contributed by atoms with E-state index in [0.29, 0.717) is 16.0 Å². The van der Waals surface area contributed by atoms with Gasteiger partial charge < -0.3 is 0 Å². The molecule has 3 heteroatoms. The maximum atomic E-state index is 12.9. The van der Waals surface area contributed by atoms with Crippen LogP contribution in [0.2, 0.25) is 0 Å². The van der Waals surface area contributed by atoms with Gasteiger partial charge in [-0.15, -0.1) is 11.3 Å². The number of rotatable bonds is 2. The zero-order valence-electron chi connectivity index (χ0n) is 6.43. The Hall–Kier alpha value is -0.700. The molecule has 0 saturated carbocycles. The lowest BCUT2D eigenvalue weighted by atomic mass is 10.2. The van der Waals surface area contributed by atoms with Gasteiger partial charge in [-0.25, -0.2) is 4.39 Å². The Kier molecular flexibility index (Phi) is 2.39. The number of halogens is 1. The Morgan fingerprint density at radius 2 is 2.27 bits per heavy atom. The number of aldehydes is 1. The van der Waals surface area contributed by atoms with E-state index in [0.717, 1.165) is 0 Å². The van der Waals surface area contributed by atoms with E-state index in [9.17, 15) is 9.18 Å². The van der Waals surface area contributed by atoms with Crippen LogP contribution in [0.3, 0.4) is 0 Å². The molecule has 1 heterocycles. The van der Waals surface area contributed by atoms with Crippen molar-refractivity contribution in [1.82, 2.24) is 0 Å². The van der Waals surface area contributed by atoms with Crippen LogP contribution in [0, 0.1) is 5.82 Å². The van der Waals surface area contributed by atoms with E-state index < -0.39 is 0 Å². The van der Waals surface area contributed by atoms with Crippen molar-refractivity contribution < 1.29 is 9.18 Å². The molecule has 0 spiro atoms. The quantitative estimate of drug-likeness (QED) is 0.627. The lowest BCUT2D eigenvalue weighted by molar-refractivity contribution is 0.112. The Labute approximate surface area is 68.9 Å². The number of carbonyl (C=O) groups excluding carboxylic acids is 1. The van der Waals surface area contributed by atoms with E-state index in [1.807, 2.05) is 13.8 Å². The van der Waals surface area contributed by atoms with Crippen LogP contribution in [-0.4, -0.2) is 6.29 Å². The molecule has 0 unspecified atom stereocenters. The van der Waals surface area contributed by atoms with Crippen molar-refractivity contribution in [2.45, 2.75) is 19.8 Å². The molecule has 0 aromatic carbocycles. The molecule has 60 valence electrons. The second-order valence-corrected chi connectivity index (χ2v) is 3.75. The van der Waals surface area contributed by atoms with Gasteiger partial charge in [0.2, 0.25) is 0 Å². The number of hydrogen-bond acceptors (Lipinski definition) is 2. The van der Waals surface area contributed by atoms with Crippen LogP contribution < -0.4 is 0 Å². The van der Waals surface area contributed by atoms with E-state index >= 15 is 0 Å². The lowest BCUT2D eigenvalue weighted by Crippen LogP contribution is -1.83. The molecule has 0 fully saturated rings. The Bertz CT molecular complexity index is 265. The fourth-order valence-corrected chi connectivity index (χ4v) is 1.71. The minimum atomic E-state index is -0.257. The summed E-state index contributed by atoms with van der Waals surface area (Å²) in [4.78, 5) is 11.4. The topological polar surface area (TPSA) is 17.1 Å². The maximum Gasteiger partial charge on any atom is 0.160 e. The zero-order chi connectivity index (χ0) is 8.43. The number of hydrogen-bond donors (Lipinski definition) is 0. The molecule has 1 nitrogen and oxygen atoms in total. The largest absolute Gasteiger partial charge is 0.297 e. The average Bonchev–Trinajstić information content (AvgIpc) is 2.30. The monoisotopic (exact) mass is 172 g/mol. The second-order valence-electron chi connectivity index (χ2n) is 2.63. The molecular formula is C8H9FOS. The highest BCUT2D eigenvalue weighted by Gasteiger charge is 2.10. The molecule has 0 atom stereocenters. The molecule has 1 aromatic rings. The molecule has 0 radical (unpaired) electrons. The molecule has 11 heavy (non-hydrogen) atoms. The van der Waals surface area contributed by atoms with Gasteiger partial charge in [-0.2, -0.15) is 0 Å². The van der Waals surface area contributed by atoms with Gasteiger partial charge in [0.1, 0.15) is 5.82 Å². The lowest BCUT2D eigenvalue weighted by Gasteiger charge is -1.98. The van der Waals surface area contributed by atoms with Gasteiger partial charge in [-0.05, 0) is 12.0 Å². The molecule has 1 rings (SSSR count). The van der Waals surface area contributed by atoms with Crippen LogP contribution in [-0.2, 0) is 0 Å². The van der Waals surface area contributed by atoms with Crippen LogP contribution in [0.25, 0.3) is 0 Å². The van der Waals surface area contributed by atoms with Crippen molar-refractivity contribution in [2.24, 2.45) is 0 Å². The van der Waals surface area contributed by atoms with E-state index in [4.69, 9.17) is 0 Å². The summed E-state index contributed by atoms with van der Waals surface area (Å²) in [7, 11) is 0. The highest BCUT2D eigenvalue weighted by Crippen LogP contribution is 2.26. The minimum absolute atomic E-state index is 0.161. The van der Waals surface area contributed by atoms with Gasteiger partial charge in [-0.1, -0.05) is 13.8 Å². The first kappa shape index (κ1) is 8.40. The summed E-state index contributed by atoms with van der Waals surface area (Å²) < 4.78 is 12.9. The van der Waals surface area contributed by atoms with Crippen molar-refractivity contribution in [2.75, 3.05) is 0 Å². The highest BCUT2D eigenvalue weighted by molar-refractivity contribution is 7.13. The van der Waals surface area contributed by atoms with Crippen molar-refractivity contribution in [3.8, 4) is 0 Å². The van der Waals surface area contributed by atoms with E-state index in [1.165, 1.54) is 17.4 Å². The number of thiophene rings is 1. The predicted octanol–water partition coefficient (Wildman–Crippen LogP) is 2.82. The molecule has 0 saturated heterocycles. The predicted molar refractivity (Wildman–Crippen MR) is 43.8 cm³/mol. The van der Waals surface area contributed by atoms with Crippen molar-refractivity contribution >= 4 is 17.6 Å². The van der Waals surface area contributed by atoms with Gasteiger partial charge in [-0.3, -0.25) is 4.79 Å². The van der Waals surface area contributed by atoms with Crippen molar-refractivity contribution in [3.63, 3.8) is 0 Å². The van der Waals surface area contributed by atoms with Gasteiger partial charge in [0.15, 0.2) is 6.29 Å². The van der Waals surface area contributed by atoms with E-state index in [1.54, 1.807) is 0 Å². The average molecular weight is 172 g/mol. The second kappa shape index (κ2) is 3.13. The zero-order valence-corrected chi connectivity index (χ0v) is 7.24. The molecule has 1 aromatic heterocycles. The van der Waals surface area contributed by atoms with Crippen LogP contribution in [0.5, 0.6) is 0 Å². The minimum Gasteiger partial charge on any atom is -0.297 e. The molecule has 0 aliphatic carbocycles. The van der Waals surface area contributed by atoms with Crippen LogP contribution in [0.4, 0.5) is 4.39 Å². The van der Waals surface area contributed by atoms with E-state index in [2.05, 4.69) is 0 Å². The fraction of sp³-hybridized carbons (Fsp3) is 0.375. The number of carbonyl (C=O) groups is 1. The van der Waals surface area contributed by atoms with Crippen LogP contribution in [0.1, 0.15) is 34.3 Å². The van der Waals surface area contributed by atoms with Gasteiger partial charge in [0.05, 0.1) is 4.88 Å². The smallest absolute Gasteiger partial charge is 0.160 e. The molecule has 0 aliphatic heterocycles. The highest BCUT2D eigenvalue weighted by atomic mass is 32.1. The van der Waals surface area contributed by atoms with Crippen molar-refractivity contribution in [3.05, 3.63) is 21.6 Å². The molecule has 0 bridgehead atoms. The Morgan fingerprint density at radius 3 is 2.55 bits per heavy atom. The SMILES string of the molecule is CC(C)c1sc(C=O)cc1F. The van der Waals surface area contributed by atoms with Gasteiger partial charge in [0.25, 0.3) is 0 Å². The molecule has 0 N–H and O–H groups in total. The van der Waals surface area contributed by atoms with Gasteiger partial charge in [0, 0.05) is 4.88 Å².